The number of nitrogens with zero attached hydrogens (tertiary/aromatic N) is 4. The van der Waals surface area contributed by atoms with Crippen LogP contribution >= 0.6 is 0 Å². The van der Waals surface area contributed by atoms with Gasteiger partial charge in [0.2, 0.25) is 0 Å². The Hall–Kier alpha value is -2.08. The van der Waals surface area contributed by atoms with Gasteiger partial charge in [0.05, 0.1) is 11.0 Å². The van der Waals surface area contributed by atoms with Crippen LogP contribution in [0.25, 0.3) is 11.0 Å². The Balaban J connectivity index is 1.50. The van der Waals surface area contributed by atoms with Crippen molar-refractivity contribution in [2.24, 2.45) is 4.99 Å². The largest absolute Gasteiger partial charge is 0.355 e. The molecule has 0 aliphatic carbocycles. The number of para-hydroxylation sites is 2. The van der Waals surface area contributed by atoms with E-state index in [1.165, 1.54) is 18.4 Å². The first-order valence-electron chi connectivity index (χ1n) is 9.71. The second kappa shape index (κ2) is 8.54. The van der Waals surface area contributed by atoms with Gasteiger partial charge in [-0.05, 0) is 45.7 Å². The number of nitrogens with one attached hydrogen (secondary N) is 2. The van der Waals surface area contributed by atoms with Crippen molar-refractivity contribution in [2.45, 2.75) is 52.2 Å². The topological polar surface area (TPSA) is 57.5 Å². The van der Waals surface area contributed by atoms with E-state index in [0.717, 1.165) is 43.5 Å². The van der Waals surface area contributed by atoms with Crippen molar-refractivity contribution >= 4 is 17.0 Å². The highest BCUT2D eigenvalue weighted by atomic mass is 15.2. The first-order valence-corrected chi connectivity index (χ1v) is 9.71. The number of guanidine groups is 1. The molecule has 26 heavy (non-hydrogen) atoms. The molecule has 1 saturated heterocycles. The van der Waals surface area contributed by atoms with Gasteiger partial charge in [0.25, 0.3) is 0 Å². The van der Waals surface area contributed by atoms with E-state index in [2.05, 4.69) is 69.0 Å². The summed E-state index contributed by atoms with van der Waals surface area (Å²) in [5.74, 6) is 1.95. The van der Waals surface area contributed by atoms with Crippen molar-refractivity contribution in [3.05, 3.63) is 30.1 Å². The molecule has 1 aromatic heterocycles. The minimum Gasteiger partial charge on any atom is -0.355 e. The summed E-state index contributed by atoms with van der Waals surface area (Å²) in [6.45, 7) is 10.6. The second-order valence-electron chi connectivity index (χ2n) is 7.35. The number of imidazole rings is 1. The molecule has 1 aromatic carbocycles. The SMILES string of the molecule is CN=C(NCCn1c(C)nc2ccccc21)NC1CCN(C(C)C)CC1. The van der Waals surface area contributed by atoms with Crippen molar-refractivity contribution in [1.82, 2.24) is 25.1 Å². The number of piperidine rings is 1. The molecule has 0 saturated carbocycles. The van der Waals surface area contributed by atoms with Gasteiger partial charge in [-0.2, -0.15) is 0 Å². The van der Waals surface area contributed by atoms with E-state index in [4.69, 9.17) is 0 Å². The Bertz CT molecular complexity index is 740. The number of benzene rings is 1. The molecule has 0 amide bonds. The van der Waals surface area contributed by atoms with E-state index in [9.17, 15) is 0 Å². The molecule has 2 N–H and O–H groups in total. The lowest BCUT2D eigenvalue weighted by molar-refractivity contribution is 0.167. The minimum absolute atomic E-state index is 0.506. The molecule has 0 atom stereocenters. The Morgan fingerprint density at radius 3 is 2.69 bits per heavy atom. The summed E-state index contributed by atoms with van der Waals surface area (Å²) in [6.07, 6.45) is 2.34. The van der Waals surface area contributed by atoms with Gasteiger partial charge in [-0.15, -0.1) is 0 Å². The third-order valence-corrected chi connectivity index (χ3v) is 5.30. The van der Waals surface area contributed by atoms with Crippen molar-refractivity contribution in [3.8, 4) is 0 Å². The molecule has 0 spiro atoms. The Morgan fingerprint density at radius 1 is 1.27 bits per heavy atom. The number of rotatable bonds is 5. The Labute approximate surface area is 156 Å². The fourth-order valence-electron chi connectivity index (χ4n) is 3.71. The van der Waals surface area contributed by atoms with Crippen molar-refractivity contribution in [3.63, 3.8) is 0 Å². The van der Waals surface area contributed by atoms with Gasteiger partial charge in [-0.1, -0.05) is 12.1 Å². The third-order valence-electron chi connectivity index (χ3n) is 5.30. The normalized spacial score (nSPS) is 17.2. The average Bonchev–Trinajstić information content (AvgIpc) is 2.96. The van der Waals surface area contributed by atoms with Crippen molar-refractivity contribution in [1.29, 1.82) is 0 Å². The third kappa shape index (κ3) is 4.36. The summed E-state index contributed by atoms with van der Waals surface area (Å²) in [7, 11) is 1.84. The zero-order chi connectivity index (χ0) is 18.5. The predicted molar refractivity (Wildman–Crippen MR) is 109 cm³/mol. The average molecular weight is 357 g/mol. The molecule has 2 aromatic rings. The van der Waals surface area contributed by atoms with Gasteiger partial charge in [-0.3, -0.25) is 4.99 Å². The lowest BCUT2D eigenvalue weighted by atomic mass is 10.0. The summed E-state index contributed by atoms with van der Waals surface area (Å²) < 4.78 is 2.26. The number of aryl methyl sites for hydroxylation is 1. The van der Waals surface area contributed by atoms with Gasteiger partial charge in [0, 0.05) is 45.3 Å². The zero-order valence-corrected chi connectivity index (χ0v) is 16.5. The van der Waals surface area contributed by atoms with Crippen LogP contribution in [0.1, 0.15) is 32.5 Å². The number of aromatic nitrogens is 2. The fourth-order valence-corrected chi connectivity index (χ4v) is 3.71. The van der Waals surface area contributed by atoms with Gasteiger partial charge in [0.1, 0.15) is 5.82 Å². The van der Waals surface area contributed by atoms with E-state index < -0.39 is 0 Å². The lowest BCUT2D eigenvalue weighted by Gasteiger charge is -2.35. The monoisotopic (exact) mass is 356 g/mol. The van der Waals surface area contributed by atoms with Crippen molar-refractivity contribution in [2.75, 3.05) is 26.7 Å². The Morgan fingerprint density at radius 2 is 2.00 bits per heavy atom. The summed E-state index contributed by atoms with van der Waals surface area (Å²) in [4.78, 5) is 11.6. The molecule has 1 aliphatic heterocycles. The number of hydrogen-bond acceptors (Lipinski definition) is 3. The van der Waals surface area contributed by atoms with E-state index in [-0.39, 0.29) is 0 Å². The number of likely N-dealkylation sites (tertiary alicyclic amines) is 1. The molecule has 6 heteroatoms. The first-order chi connectivity index (χ1) is 12.6. The van der Waals surface area contributed by atoms with Gasteiger partial charge >= 0.3 is 0 Å². The maximum absolute atomic E-state index is 4.63. The summed E-state index contributed by atoms with van der Waals surface area (Å²) in [5, 5.41) is 7.04. The Kier molecular flexibility index (Phi) is 6.14. The van der Waals surface area contributed by atoms with Crippen LogP contribution in [0.2, 0.25) is 0 Å². The number of aliphatic imine (C=N–C) groups is 1. The lowest BCUT2D eigenvalue weighted by Crippen LogP contribution is -2.50. The summed E-state index contributed by atoms with van der Waals surface area (Å²) >= 11 is 0. The van der Waals surface area contributed by atoms with Crippen LogP contribution in [0, 0.1) is 6.92 Å². The van der Waals surface area contributed by atoms with E-state index in [1.807, 2.05) is 13.1 Å². The van der Waals surface area contributed by atoms with E-state index in [1.54, 1.807) is 0 Å². The van der Waals surface area contributed by atoms with Gasteiger partial charge in [0.15, 0.2) is 5.96 Å². The van der Waals surface area contributed by atoms with Gasteiger partial charge in [-0.25, -0.2) is 4.98 Å². The van der Waals surface area contributed by atoms with Crippen molar-refractivity contribution < 1.29 is 0 Å². The van der Waals surface area contributed by atoms with E-state index in [0.29, 0.717) is 12.1 Å². The predicted octanol–water partition coefficient (Wildman–Crippen LogP) is 2.38. The molecule has 0 radical (unpaired) electrons. The smallest absolute Gasteiger partial charge is 0.191 e. The number of fused-ring (bicyclic) bond motifs is 1. The van der Waals surface area contributed by atoms with Crippen LogP contribution in [0.4, 0.5) is 0 Å². The molecule has 6 nitrogen and oxygen atoms in total. The molecule has 1 fully saturated rings. The quantitative estimate of drug-likeness (QED) is 0.638. The summed E-state index contributed by atoms with van der Waals surface area (Å²) in [5.41, 5.74) is 2.25. The molecule has 1 aliphatic rings. The highest BCUT2D eigenvalue weighted by Crippen LogP contribution is 2.15. The molecular formula is C20H32N6. The maximum atomic E-state index is 4.63. The molecule has 3 rings (SSSR count). The highest BCUT2D eigenvalue weighted by Gasteiger charge is 2.21. The molecular weight excluding hydrogens is 324 g/mol. The second-order valence-corrected chi connectivity index (χ2v) is 7.35. The van der Waals surface area contributed by atoms with Crippen LogP contribution in [-0.4, -0.2) is 59.2 Å². The maximum Gasteiger partial charge on any atom is 0.191 e. The van der Waals surface area contributed by atoms with Crippen LogP contribution in [-0.2, 0) is 6.54 Å². The van der Waals surface area contributed by atoms with E-state index >= 15 is 0 Å². The molecule has 142 valence electrons. The first kappa shape index (κ1) is 18.7. The minimum atomic E-state index is 0.506. The van der Waals surface area contributed by atoms with Crippen LogP contribution in [0.5, 0.6) is 0 Å². The number of hydrogen-bond donors (Lipinski definition) is 2. The zero-order valence-electron chi connectivity index (χ0n) is 16.5. The standard InChI is InChI=1S/C20H32N6/c1-15(2)25-12-9-17(10-13-25)24-20(21-4)22-11-14-26-16(3)23-18-7-5-6-8-19(18)26/h5-8,15,17H,9-14H2,1-4H3,(H2,21,22,24). The molecule has 0 unspecified atom stereocenters. The fraction of sp³-hybridized carbons (Fsp3) is 0.600. The van der Waals surface area contributed by atoms with Crippen LogP contribution in [0.15, 0.2) is 29.3 Å². The highest BCUT2D eigenvalue weighted by molar-refractivity contribution is 5.80. The molecule has 0 bridgehead atoms. The summed E-state index contributed by atoms with van der Waals surface area (Å²) in [6, 6.07) is 9.44. The van der Waals surface area contributed by atoms with Crippen LogP contribution < -0.4 is 10.6 Å². The van der Waals surface area contributed by atoms with Crippen LogP contribution in [0.3, 0.4) is 0 Å². The molecule has 2 heterocycles. The van der Waals surface area contributed by atoms with Gasteiger partial charge < -0.3 is 20.1 Å².